The number of benzene rings is 6. The third-order valence-corrected chi connectivity index (χ3v) is 9.63. The number of thiophene rings is 1. The molecule has 0 atom stereocenters. The molecular formula is C37H21N3S. The quantitative estimate of drug-likeness (QED) is 0.215. The molecule has 0 aliphatic carbocycles. The number of rotatable bonds is 2. The lowest BCUT2D eigenvalue weighted by atomic mass is 10.1. The van der Waals surface area contributed by atoms with Crippen LogP contribution in [-0.4, -0.2) is 9.13 Å². The van der Waals surface area contributed by atoms with E-state index in [1.165, 1.54) is 53.7 Å². The maximum absolute atomic E-state index is 9.87. The van der Waals surface area contributed by atoms with Crippen LogP contribution in [-0.2, 0) is 0 Å². The van der Waals surface area contributed by atoms with Gasteiger partial charge in [-0.25, -0.2) is 0 Å². The number of nitrogens with zero attached hydrogens (tertiary/aromatic N) is 3. The zero-order valence-electron chi connectivity index (χ0n) is 21.9. The number of hydrogen-bond acceptors (Lipinski definition) is 2. The highest BCUT2D eigenvalue weighted by atomic mass is 32.1. The Kier molecular flexibility index (Phi) is 4.55. The van der Waals surface area contributed by atoms with Crippen LogP contribution in [0.1, 0.15) is 5.56 Å². The molecular weight excluding hydrogens is 518 g/mol. The number of para-hydroxylation sites is 3. The molecule has 190 valence electrons. The molecule has 3 nitrogen and oxygen atoms in total. The lowest BCUT2D eigenvalue weighted by Gasteiger charge is -2.13. The fourth-order valence-electron chi connectivity index (χ4n) is 6.67. The molecule has 4 heteroatoms. The lowest BCUT2D eigenvalue weighted by molar-refractivity contribution is 1.16. The average Bonchev–Trinajstić information content (AvgIpc) is 3.69. The summed E-state index contributed by atoms with van der Waals surface area (Å²) >= 11 is 1.72. The largest absolute Gasteiger partial charge is 0.307 e. The smallest absolute Gasteiger partial charge is 0.101 e. The van der Waals surface area contributed by atoms with E-state index in [1.807, 2.05) is 12.1 Å². The molecule has 41 heavy (non-hydrogen) atoms. The predicted octanol–water partition coefficient (Wildman–Crippen LogP) is 10.1. The van der Waals surface area contributed by atoms with Crippen molar-refractivity contribution in [3.8, 4) is 17.4 Å². The summed E-state index contributed by atoms with van der Waals surface area (Å²) in [5.41, 5.74) is 7.75. The molecule has 0 aliphatic heterocycles. The summed E-state index contributed by atoms with van der Waals surface area (Å²) < 4.78 is 7.10. The van der Waals surface area contributed by atoms with Crippen LogP contribution in [0.2, 0.25) is 0 Å². The van der Waals surface area contributed by atoms with Crippen molar-refractivity contribution >= 4 is 75.1 Å². The second-order valence-electron chi connectivity index (χ2n) is 10.4. The molecule has 3 heterocycles. The van der Waals surface area contributed by atoms with E-state index < -0.39 is 0 Å². The second-order valence-corrected chi connectivity index (χ2v) is 11.5. The van der Waals surface area contributed by atoms with Crippen LogP contribution in [0.4, 0.5) is 0 Å². The Bertz CT molecular complexity index is 2540. The van der Waals surface area contributed by atoms with E-state index in [4.69, 9.17) is 0 Å². The van der Waals surface area contributed by atoms with E-state index in [2.05, 4.69) is 130 Å². The number of nitriles is 1. The fourth-order valence-corrected chi connectivity index (χ4v) is 7.93. The van der Waals surface area contributed by atoms with Crippen LogP contribution in [0.25, 0.3) is 75.2 Å². The van der Waals surface area contributed by atoms with Crippen molar-refractivity contribution in [2.45, 2.75) is 0 Å². The Morgan fingerprint density at radius 1 is 0.463 bits per heavy atom. The summed E-state index contributed by atoms with van der Waals surface area (Å²) in [4.78, 5) is 0. The molecule has 0 radical (unpaired) electrons. The molecule has 0 saturated carbocycles. The van der Waals surface area contributed by atoms with Gasteiger partial charge in [-0.15, -0.1) is 11.3 Å². The van der Waals surface area contributed by atoms with E-state index in [1.54, 1.807) is 11.3 Å². The van der Waals surface area contributed by atoms with Gasteiger partial charge in [0.2, 0.25) is 0 Å². The molecule has 3 aromatic heterocycles. The van der Waals surface area contributed by atoms with Crippen molar-refractivity contribution in [3.63, 3.8) is 0 Å². The molecule has 0 bridgehead atoms. The van der Waals surface area contributed by atoms with Gasteiger partial charge in [0.1, 0.15) is 6.07 Å². The Balaban J connectivity index is 1.55. The van der Waals surface area contributed by atoms with Gasteiger partial charge in [-0.05, 0) is 36.4 Å². The molecule has 9 rings (SSSR count). The monoisotopic (exact) mass is 539 g/mol. The lowest BCUT2D eigenvalue weighted by Crippen LogP contribution is -1.98. The van der Waals surface area contributed by atoms with Gasteiger partial charge in [0.25, 0.3) is 0 Å². The minimum atomic E-state index is 0.725. The first-order valence-corrected chi connectivity index (χ1v) is 14.5. The van der Waals surface area contributed by atoms with E-state index in [9.17, 15) is 5.26 Å². The van der Waals surface area contributed by atoms with Gasteiger partial charge in [-0.2, -0.15) is 5.26 Å². The van der Waals surface area contributed by atoms with Crippen molar-refractivity contribution in [2.75, 3.05) is 0 Å². The minimum absolute atomic E-state index is 0.725. The Labute approximate surface area is 239 Å². The first-order valence-electron chi connectivity index (χ1n) is 13.7. The fraction of sp³-hybridized carbons (Fsp3) is 0. The zero-order valence-corrected chi connectivity index (χ0v) is 22.7. The van der Waals surface area contributed by atoms with Crippen LogP contribution >= 0.6 is 11.3 Å². The van der Waals surface area contributed by atoms with Gasteiger partial charge in [-0.1, -0.05) is 91.0 Å². The number of fused-ring (bicyclic) bond motifs is 10. The van der Waals surface area contributed by atoms with E-state index >= 15 is 0 Å². The first kappa shape index (κ1) is 22.4. The molecule has 0 N–H and O–H groups in total. The Hall–Kier alpha value is -5.37. The summed E-state index contributed by atoms with van der Waals surface area (Å²) in [6.07, 6.45) is 0. The maximum atomic E-state index is 9.87. The Morgan fingerprint density at radius 2 is 1.02 bits per heavy atom. The van der Waals surface area contributed by atoms with Gasteiger partial charge >= 0.3 is 0 Å². The van der Waals surface area contributed by atoms with Crippen molar-refractivity contribution < 1.29 is 0 Å². The summed E-state index contributed by atoms with van der Waals surface area (Å²) in [6, 6.07) is 47.7. The molecule has 6 aromatic carbocycles. The van der Waals surface area contributed by atoms with Crippen LogP contribution < -0.4 is 0 Å². The van der Waals surface area contributed by atoms with E-state index in [-0.39, 0.29) is 0 Å². The highest BCUT2D eigenvalue weighted by molar-refractivity contribution is 7.26. The van der Waals surface area contributed by atoms with E-state index in [0.717, 1.165) is 27.0 Å². The molecule has 0 saturated heterocycles. The molecule has 0 aliphatic rings. The number of aromatic nitrogens is 2. The SMILES string of the molecule is N#Cc1cccc2c1sc1c(-n3c4ccccc4c4ccc5c6ccccc6n(-c6ccccc6)c5c43)cccc12. The molecule has 0 unspecified atom stereocenters. The second kappa shape index (κ2) is 8.32. The zero-order chi connectivity index (χ0) is 27.1. The molecule has 9 aromatic rings. The van der Waals surface area contributed by atoms with Gasteiger partial charge in [0.05, 0.1) is 42.7 Å². The third kappa shape index (κ3) is 2.96. The first-order chi connectivity index (χ1) is 20.3. The normalized spacial score (nSPS) is 11.9. The van der Waals surface area contributed by atoms with Gasteiger partial charge < -0.3 is 9.13 Å². The van der Waals surface area contributed by atoms with Crippen LogP contribution in [0.5, 0.6) is 0 Å². The van der Waals surface area contributed by atoms with Crippen molar-refractivity contribution in [2.24, 2.45) is 0 Å². The highest BCUT2D eigenvalue weighted by Gasteiger charge is 2.22. The van der Waals surface area contributed by atoms with E-state index in [0.29, 0.717) is 0 Å². The topological polar surface area (TPSA) is 33.6 Å². The maximum Gasteiger partial charge on any atom is 0.101 e. The Morgan fingerprint density at radius 3 is 1.73 bits per heavy atom. The van der Waals surface area contributed by atoms with Crippen molar-refractivity contribution in [1.82, 2.24) is 9.13 Å². The van der Waals surface area contributed by atoms with Crippen LogP contribution in [0, 0.1) is 11.3 Å². The molecule has 0 amide bonds. The average molecular weight is 540 g/mol. The van der Waals surface area contributed by atoms with Gasteiger partial charge in [-0.3, -0.25) is 0 Å². The van der Waals surface area contributed by atoms with Gasteiger partial charge in [0, 0.05) is 38.0 Å². The van der Waals surface area contributed by atoms with Crippen molar-refractivity contribution in [1.29, 1.82) is 5.26 Å². The summed E-state index contributed by atoms with van der Waals surface area (Å²) in [5, 5.41) is 17.1. The standard InChI is InChI=1S/C37H21N3S/c38-22-23-10-8-15-29-30-16-9-19-33(37(30)41-36(23)29)40-32-18-7-5-14-26(32)28-21-20-27-25-13-4-6-17-31(25)39(34(27)35(28)40)24-11-2-1-3-12-24/h1-21H. The summed E-state index contributed by atoms with van der Waals surface area (Å²) in [6.45, 7) is 0. The highest BCUT2D eigenvalue weighted by Crippen LogP contribution is 2.45. The third-order valence-electron chi connectivity index (χ3n) is 8.35. The summed E-state index contributed by atoms with van der Waals surface area (Å²) in [7, 11) is 0. The predicted molar refractivity (Wildman–Crippen MR) is 173 cm³/mol. The summed E-state index contributed by atoms with van der Waals surface area (Å²) in [5.74, 6) is 0. The van der Waals surface area contributed by atoms with Crippen molar-refractivity contribution in [3.05, 3.63) is 133 Å². The molecule has 0 spiro atoms. The molecule has 0 fully saturated rings. The minimum Gasteiger partial charge on any atom is -0.307 e. The van der Waals surface area contributed by atoms with Crippen LogP contribution in [0.15, 0.2) is 127 Å². The number of hydrogen-bond donors (Lipinski definition) is 0. The van der Waals surface area contributed by atoms with Gasteiger partial charge in [0.15, 0.2) is 0 Å². The van der Waals surface area contributed by atoms with Crippen LogP contribution in [0.3, 0.4) is 0 Å².